The summed E-state index contributed by atoms with van der Waals surface area (Å²) in [5, 5.41) is -26.7. The Morgan fingerprint density at radius 3 is 0.448 bits per heavy atom. The molecule has 8 nitrogen and oxygen atoms in total. The van der Waals surface area contributed by atoms with Gasteiger partial charge in [0.1, 0.15) is 0 Å². The Morgan fingerprint density at radius 2 is 0.414 bits per heavy atom. The van der Waals surface area contributed by atoms with Gasteiger partial charge in [0.25, 0.3) is 0 Å². The molecule has 0 amide bonds. The fourth-order valence-electron chi connectivity index (χ4n) is 0.568. The molecule has 0 aliphatic rings. The van der Waals surface area contributed by atoms with Crippen LogP contribution in [0.15, 0.2) is 0 Å². The van der Waals surface area contributed by atoms with E-state index in [9.17, 15) is 84.3 Å². The van der Waals surface area contributed by atoms with Crippen molar-refractivity contribution in [1.82, 2.24) is 0 Å². The van der Waals surface area contributed by atoms with E-state index in [1.165, 1.54) is 0 Å². The Labute approximate surface area is 165 Å². The average molecular weight is 540 g/mol. The monoisotopic (exact) mass is 540 g/mol. The van der Waals surface area contributed by atoms with Gasteiger partial charge in [0.2, 0.25) is 0 Å². The van der Waals surface area contributed by atoms with Crippen molar-refractivity contribution >= 4 is 59.8 Å². The molecule has 0 N–H and O–H groups in total. The van der Waals surface area contributed by atoms with Crippen molar-refractivity contribution in [3.8, 4) is 0 Å². The van der Waals surface area contributed by atoms with Gasteiger partial charge in [0.15, 0.2) is 0 Å². The first-order valence-corrected chi connectivity index (χ1v) is 10.3. The summed E-state index contributed by atoms with van der Waals surface area (Å²) in [4.78, 5) is 0. The minimum absolute atomic E-state index is 0. The van der Waals surface area contributed by atoms with Gasteiger partial charge in [-0.2, -0.15) is 68.8 Å². The van der Waals surface area contributed by atoms with Crippen LogP contribution in [0, 0.1) is 0 Å². The number of rotatable bonds is 6. The molecule has 0 saturated heterocycles. The number of hydrogen-bond acceptors (Lipinski definition) is 8. The van der Waals surface area contributed by atoms with Crippen molar-refractivity contribution < 1.29 is 84.3 Å². The molecule has 0 fully saturated rings. The van der Waals surface area contributed by atoms with E-state index in [1.807, 2.05) is 0 Å². The van der Waals surface area contributed by atoms with E-state index < -0.39 is 61.9 Å². The van der Waals surface area contributed by atoms with Crippen LogP contribution < -0.4 is 0 Å². The summed E-state index contributed by atoms with van der Waals surface area (Å²) in [6.45, 7) is 0. The Bertz CT molecular complexity index is 844. The summed E-state index contributed by atoms with van der Waals surface area (Å²) >= 11 is 0. The molecule has 0 aromatic carbocycles. The van der Waals surface area contributed by atoms with Crippen LogP contribution in [-0.4, -0.2) is 73.6 Å². The number of halogens is 12. The van der Waals surface area contributed by atoms with E-state index in [0.717, 1.165) is 0 Å². The SMILES string of the molecule is O=S(=O)(F)C(F)(F)C(F)(F)S(=O)(=O)F.O=S(=O)(F)C(F)(F)C(F)(F)S(=O)(=O)F.[LiH]. The van der Waals surface area contributed by atoms with Crippen molar-refractivity contribution in [3.05, 3.63) is 0 Å². The summed E-state index contributed by atoms with van der Waals surface area (Å²) in [6, 6.07) is 0. The van der Waals surface area contributed by atoms with Crippen molar-refractivity contribution in [3.63, 3.8) is 0 Å². The van der Waals surface area contributed by atoms with Crippen molar-refractivity contribution in [1.29, 1.82) is 0 Å². The second kappa shape index (κ2) is 8.59. The molecular weight excluding hydrogens is 539 g/mol. The minimum atomic E-state index is -7.25. The van der Waals surface area contributed by atoms with Crippen molar-refractivity contribution in [2.75, 3.05) is 0 Å². The fourth-order valence-corrected chi connectivity index (χ4v) is 2.90. The van der Waals surface area contributed by atoms with E-state index in [0.29, 0.717) is 0 Å². The summed E-state index contributed by atoms with van der Waals surface area (Å²) in [6.07, 6.45) is 0. The van der Waals surface area contributed by atoms with Gasteiger partial charge in [-0.15, -0.1) is 0 Å². The molecule has 0 spiro atoms. The van der Waals surface area contributed by atoms with Gasteiger partial charge in [0, 0.05) is 0 Å². The first-order valence-electron chi connectivity index (χ1n) is 4.78. The molecule has 0 atom stereocenters. The van der Waals surface area contributed by atoms with E-state index in [2.05, 4.69) is 0 Å². The zero-order valence-corrected chi connectivity index (χ0v) is 14.7. The maximum absolute atomic E-state index is 11.9. The molecule has 0 radical (unpaired) electrons. The van der Waals surface area contributed by atoms with Crippen LogP contribution >= 0.6 is 0 Å². The zero-order valence-electron chi connectivity index (χ0n) is 11.4. The van der Waals surface area contributed by atoms with Crippen LogP contribution in [0.25, 0.3) is 0 Å². The quantitative estimate of drug-likeness (QED) is 0.276. The molecule has 174 valence electrons. The van der Waals surface area contributed by atoms with Gasteiger partial charge in [-0.1, -0.05) is 15.5 Å². The molecule has 0 unspecified atom stereocenters. The maximum atomic E-state index is 11.9. The van der Waals surface area contributed by atoms with Crippen LogP contribution in [-0.2, 0) is 40.9 Å². The van der Waals surface area contributed by atoms with Gasteiger partial charge in [-0.05, 0) is 0 Å². The normalized spacial score (nSPS) is 15.0. The van der Waals surface area contributed by atoms with Gasteiger partial charge >= 0.3 is 80.8 Å². The Kier molecular flexibility index (Phi) is 9.84. The van der Waals surface area contributed by atoms with E-state index in [-0.39, 0.29) is 18.9 Å². The Hall–Kier alpha value is -0.443. The molecule has 25 heteroatoms. The molecule has 0 aliphatic heterocycles. The van der Waals surface area contributed by atoms with Crippen molar-refractivity contribution in [2.45, 2.75) is 21.0 Å². The van der Waals surface area contributed by atoms with Crippen LogP contribution in [0.5, 0.6) is 0 Å². The van der Waals surface area contributed by atoms with Crippen LogP contribution in [0.3, 0.4) is 0 Å². The molecule has 29 heavy (non-hydrogen) atoms. The third-order valence-corrected chi connectivity index (χ3v) is 5.64. The summed E-state index contributed by atoms with van der Waals surface area (Å²) in [7, 11) is -29.0. The van der Waals surface area contributed by atoms with E-state index >= 15 is 0 Å². The van der Waals surface area contributed by atoms with Crippen LogP contribution in [0.2, 0.25) is 0 Å². The first-order chi connectivity index (χ1) is 11.5. The van der Waals surface area contributed by atoms with E-state index in [4.69, 9.17) is 0 Å². The molecule has 0 aliphatic carbocycles. The Balaban J connectivity index is -0.000000451. The number of hydrogen-bond donors (Lipinski definition) is 0. The Morgan fingerprint density at radius 1 is 0.345 bits per heavy atom. The van der Waals surface area contributed by atoms with Crippen LogP contribution in [0.1, 0.15) is 0 Å². The summed E-state index contributed by atoms with van der Waals surface area (Å²) < 4.78 is 216. The zero-order chi connectivity index (χ0) is 24.0. The van der Waals surface area contributed by atoms with Gasteiger partial charge in [-0.3, -0.25) is 0 Å². The van der Waals surface area contributed by atoms with Gasteiger partial charge in [0.05, 0.1) is 0 Å². The predicted molar refractivity (Wildman–Crippen MR) is 67.0 cm³/mol. The number of alkyl halides is 8. The first kappa shape index (κ1) is 33.2. The van der Waals surface area contributed by atoms with Crippen LogP contribution in [0.4, 0.5) is 50.7 Å². The molecule has 0 bridgehead atoms. The second-order valence-electron chi connectivity index (χ2n) is 3.82. The average Bonchev–Trinajstić information content (AvgIpc) is 2.33. The third kappa shape index (κ3) is 6.28. The van der Waals surface area contributed by atoms with Gasteiger partial charge in [-0.25, -0.2) is 0 Å². The summed E-state index contributed by atoms with van der Waals surface area (Å²) in [5.74, 6) is 0. The molecule has 0 rings (SSSR count). The molecule has 0 aromatic rings. The molecule has 0 heterocycles. The fraction of sp³-hybridized carbons (Fsp3) is 1.00. The third-order valence-electron chi connectivity index (χ3n) is 1.90. The topological polar surface area (TPSA) is 137 Å². The summed E-state index contributed by atoms with van der Waals surface area (Å²) in [5.41, 5.74) is 0. The molecule has 0 aromatic heterocycles. The van der Waals surface area contributed by atoms with Crippen molar-refractivity contribution in [2.24, 2.45) is 0 Å². The standard InChI is InChI=1S/2C2F6O4S2.Li.H/c2*3-1(4,13(7,9)10)2(5,6)14(8,11)12;;. The second-order valence-corrected chi connectivity index (χ2v) is 9.37. The van der Waals surface area contributed by atoms with E-state index in [1.54, 1.807) is 0 Å². The predicted octanol–water partition coefficient (Wildman–Crippen LogP) is 0.893. The van der Waals surface area contributed by atoms with Gasteiger partial charge < -0.3 is 0 Å². The molecule has 0 saturated carbocycles. The molecular formula is C4HF12LiO8S4.